The van der Waals surface area contributed by atoms with Gasteiger partial charge in [0.1, 0.15) is 0 Å². The molecule has 0 saturated carbocycles. The van der Waals surface area contributed by atoms with Gasteiger partial charge in [0.25, 0.3) is 0 Å². The SMILES string of the molecule is c1c[se]c(-c2cc[se]c2-c2ccc[se]2)c1. The predicted molar refractivity (Wildman–Crippen MR) is 68.1 cm³/mol. The Kier molecular flexibility index (Phi) is 3.03. The van der Waals surface area contributed by atoms with Crippen LogP contribution in [0.1, 0.15) is 0 Å². The molecule has 0 radical (unpaired) electrons. The van der Waals surface area contributed by atoms with Crippen LogP contribution in [0.25, 0.3) is 18.9 Å². The maximum absolute atomic E-state index is 2.36. The van der Waals surface area contributed by atoms with Gasteiger partial charge in [-0.2, -0.15) is 0 Å². The molecule has 0 spiro atoms. The Bertz CT molecular complexity index is 480. The second kappa shape index (κ2) is 4.47. The molecule has 0 saturated heterocycles. The molecular weight excluding hydrogens is 381 g/mol. The number of hydrogen-bond donors (Lipinski definition) is 0. The fraction of sp³-hybridized carbons (Fsp3) is 0. The molecule has 0 atom stereocenters. The monoisotopic (exact) mass is 392 g/mol. The molecule has 74 valence electrons. The van der Waals surface area contributed by atoms with Crippen molar-refractivity contribution in [3.05, 3.63) is 45.2 Å². The molecule has 3 heteroatoms. The minimum atomic E-state index is 0.574. The van der Waals surface area contributed by atoms with Crippen LogP contribution in [0.4, 0.5) is 0 Å². The van der Waals surface area contributed by atoms with Crippen molar-refractivity contribution in [2.45, 2.75) is 0 Å². The Morgan fingerprint density at radius 2 is 1.40 bits per heavy atom. The van der Waals surface area contributed by atoms with E-state index >= 15 is 0 Å². The van der Waals surface area contributed by atoms with Crippen molar-refractivity contribution < 1.29 is 0 Å². The molecule has 3 heterocycles. The zero-order chi connectivity index (χ0) is 10.1. The van der Waals surface area contributed by atoms with E-state index in [0.717, 1.165) is 0 Å². The zero-order valence-corrected chi connectivity index (χ0v) is 13.0. The topological polar surface area (TPSA) is 0 Å². The van der Waals surface area contributed by atoms with Crippen LogP contribution in [0, 0.1) is 0 Å². The Labute approximate surface area is 107 Å². The number of rotatable bonds is 2. The van der Waals surface area contributed by atoms with E-state index in [-0.39, 0.29) is 0 Å². The van der Waals surface area contributed by atoms with Gasteiger partial charge in [-0.3, -0.25) is 0 Å². The summed E-state index contributed by atoms with van der Waals surface area (Å²) in [6, 6.07) is 11.3. The summed E-state index contributed by atoms with van der Waals surface area (Å²) >= 11 is 1.74. The van der Waals surface area contributed by atoms with Gasteiger partial charge in [-0.1, -0.05) is 0 Å². The molecule has 0 bridgehead atoms. The van der Waals surface area contributed by atoms with E-state index in [1.165, 1.54) is 5.56 Å². The third-order valence-corrected chi connectivity index (χ3v) is 8.60. The first-order valence-electron chi connectivity index (χ1n) is 4.60. The molecule has 3 aromatic heterocycles. The van der Waals surface area contributed by atoms with E-state index in [2.05, 4.69) is 45.2 Å². The van der Waals surface area contributed by atoms with Crippen molar-refractivity contribution in [2.24, 2.45) is 0 Å². The first-order chi connectivity index (χ1) is 7.45. The Balaban J connectivity index is 2.15. The Morgan fingerprint density at radius 3 is 2.07 bits per heavy atom. The minimum absolute atomic E-state index is 0.574. The summed E-state index contributed by atoms with van der Waals surface area (Å²) in [4.78, 5) is 6.98. The molecule has 0 nitrogen and oxygen atoms in total. The molecule has 0 fully saturated rings. The number of hydrogen-bond acceptors (Lipinski definition) is 0. The quantitative estimate of drug-likeness (QED) is 0.590. The third kappa shape index (κ3) is 1.97. The van der Waals surface area contributed by atoms with E-state index < -0.39 is 0 Å². The van der Waals surface area contributed by atoms with Crippen LogP contribution >= 0.6 is 0 Å². The van der Waals surface area contributed by atoms with Crippen LogP contribution in [0.3, 0.4) is 0 Å². The van der Waals surface area contributed by atoms with Crippen LogP contribution in [-0.4, -0.2) is 43.5 Å². The molecule has 3 aromatic rings. The first-order valence-corrected chi connectivity index (χ1v) is 10.1. The van der Waals surface area contributed by atoms with E-state index in [4.69, 9.17) is 0 Å². The van der Waals surface area contributed by atoms with Crippen LogP contribution in [0.2, 0.25) is 0 Å². The second-order valence-corrected chi connectivity index (χ2v) is 9.02. The molecule has 3 rings (SSSR count). The summed E-state index contributed by atoms with van der Waals surface area (Å²) in [5, 5.41) is 0. The van der Waals surface area contributed by atoms with Crippen LogP contribution in [0.5, 0.6) is 0 Å². The van der Waals surface area contributed by atoms with Gasteiger partial charge >= 0.3 is 108 Å². The van der Waals surface area contributed by atoms with E-state index in [1.807, 2.05) is 0 Å². The van der Waals surface area contributed by atoms with E-state index in [1.54, 1.807) is 13.3 Å². The summed E-state index contributed by atoms with van der Waals surface area (Å²) < 4.78 is 4.81. The molecule has 0 aliphatic carbocycles. The van der Waals surface area contributed by atoms with E-state index in [0.29, 0.717) is 43.5 Å². The van der Waals surface area contributed by atoms with Crippen molar-refractivity contribution in [1.82, 2.24) is 0 Å². The average molecular weight is 389 g/mol. The van der Waals surface area contributed by atoms with Gasteiger partial charge in [-0.15, -0.1) is 0 Å². The summed E-state index contributed by atoms with van der Waals surface area (Å²) in [6.07, 6.45) is 0. The standard InChI is InChI=1S/C12H8Se3/c1-3-10(13-6-1)9-5-8-15-12(9)11-4-2-7-14-11/h1-8H. The summed E-state index contributed by atoms with van der Waals surface area (Å²) in [5.74, 6) is 0. The Hall–Kier alpha value is -0.00156. The van der Waals surface area contributed by atoms with Gasteiger partial charge < -0.3 is 0 Å². The molecule has 0 aliphatic rings. The fourth-order valence-corrected chi connectivity index (χ4v) is 7.66. The van der Waals surface area contributed by atoms with Crippen molar-refractivity contribution in [3.63, 3.8) is 0 Å². The molecule has 15 heavy (non-hydrogen) atoms. The zero-order valence-electron chi connectivity index (χ0n) is 7.84. The first kappa shape index (κ1) is 10.2. The second-order valence-electron chi connectivity index (χ2n) is 3.12. The molecular formula is C12H8Se3. The van der Waals surface area contributed by atoms with Gasteiger partial charge in [-0.25, -0.2) is 0 Å². The van der Waals surface area contributed by atoms with Gasteiger partial charge in [0.2, 0.25) is 0 Å². The van der Waals surface area contributed by atoms with Crippen LogP contribution < -0.4 is 0 Å². The fourth-order valence-electron chi connectivity index (χ4n) is 1.53. The van der Waals surface area contributed by atoms with Gasteiger partial charge in [0.15, 0.2) is 0 Å². The van der Waals surface area contributed by atoms with Gasteiger partial charge in [-0.05, 0) is 0 Å². The normalized spacial score (nSPS) is 10.7. The average Bonchev–Trinajstić information content (AvgIpc) is 3.01. The summed E-state index contributed by atoms with van der Waals surface area (Å²) in [6.45, 7) is 0. The Morgan fingerprint density at radius 1 is 0.667 bits per heavy atom. The van der Waals surface area contributed by atoms with Gasteiger partial charge in [0, 0.05) is 0 Å². The molecule has 0 amide bonds. The van der Waals surface area contributed by atoms with Crippen molar-refractivity contribution in [1.29, 1.82) is 0 Å². The van der Waals surface area contributed by atoms with Crippen molar-refractivity contribution in [2.75, 3.05) is 0 Å². The molecule has 0 unspecified atom stereocenters. The van der Waals surface area contributed by atoms with Crippen LogP contribution in [0.15, 0.2) is 45.2 Å². The summed E-state index contributed by atoms with van der Waals surface area (Å²) in [5.41, 5.74) is 1.54. The summed E-state index contributed by atoms with van der Waals surface area (Å²) in [7, 11) is 0. The molecule has 0 N–H and O–H groups in total. The predicted octanol–water partition coefficient (Wildman–Crippen LogP) is 2.19. The maximum atomic E-state index is 2.36. The van der Waals surface area contributed by atoms with Crippen molar-refractivity contribution in [3.8, 4) is 18.9 Å². The molecule has 0 aromatic carbocycles. The van der Waals surface area contributed by atoms with E-state index in [9.17, 15) is 0 Å². The van der Waals surface area contributed by atoms with Crippen LogP contribution in [-0.2, 0) is 0 Å². The molecule has 0 aliphatic heterocycles. The van der Waals surface area contributed by atoms with Crippen molar-refractivity contribution >= 4 is 43.5 Å². The van der Waals surface area contributed by atoms with Gasteiger partial charge in [0.05, 0.1) is 0 Å². The third-order valence-electron chi connectivity index (χ3n) is 2.20.